The van der Waals surface area contributed by atoms with Gasteiger partial charge in [-0.25, -0.2) is 0 Å². The third-order valence-corrected chi connectivity index (χ3v) is 6.40. The van der Waals surface area contributed by atoms with Crippen molar-refractivity contribution in [2.75, 3.05) is 0 Å². The average Bonchev–Trinajstić information content (AvgIpc) is 2.63. The number of hydrogen-bond donors (Lipinski definition) is 0. The highest BCUT2D eigenvalue weighted by atomic mass is 31.2. The average molecular weight is 336 g/mol. The van der Waals surface area contributed by atoms with Gasteiger partial charge in [0.25, 0.3) is 0 Å². The van der Waals surface area contributed by atoms with Gasteiger partial charge in [0.15, 0.2) is 0 Å². The molecule has 0 aliphatic heterocycles. The molecular formula is C21H21O2P. The van der Waals surface area contributed by atoms with Crippen molar-refractivity contribution < 1.29 is 9.09 Å². The summed E-state index contributed by atoms with van der Waals surface area (Å²) >= 11 is 0. The molecule has 3 heteroatoms. The molecule has 0 unspecified atom stereocenters. The predicted molar refractivity (Wildman–Crippen MR) is 101 cm³/mol. The molecule has 3 aromatic carbocycles. The van der Waals surface area contributed by atoms with Crippen LogP contribution in [0.15, 0.2) is 84.9 Å². The van der Waals surface area contributed by atoms with Gasteiger partial charge in [0, 0.05) is 0 Å². The van der Waals surface area contributed by atoms with E-state index in [1.54, 1.807) is 0 Å². The van der Waals surface area contributed by atoms with Crippen LogP contribution in [0.3, 0.4) is 0 Å². The second kappa shape index (κ2) is 7.07. The molecule has 0 saturated carbocycles. The van der Waals surface area contributed by atoms with E-state index in [2.05, 4.69) is 13.8 Å². The molecule has 0 N–H and O–H groups in total. The Morgan fingerprint density at radius 1 is 0.708 bits per heavy atom. The first-order valence-electron chi connectivity index (χ1n) is 8.10. The highest BCUT2D eigenvalue weighted by Gasteiger charge is 2.29. The molecule has 0 spiro atoms. The van der Waals surface area contributed by atoms with Gasteiger partial charge in [-0.05, 0) is 47.9 Å². The Morgan fingerprint density at radius 2 is 1.17 bits per heavy atom. The van der Waals surface area contributed by atoms with E-state index in [1.165, 1.54) is 5.56 Å². The largest absolute Gasteiger partial charge is 0.437 e. The summed E-state index contributed by atoms with van der Waals surface area (Å²) in [5, 5.41) is 1.40. The first-order valence-corrected chi connectivity index (χ1v) is 9.73. The van der Waals surface area contributed by atoms with Gasteiger partial charge < -0.3 is 4.52 Å². The Morgan fingerprint density at radius 3 is 1.58 bits per heavy atom. The van der Waals surface area contributed by atoms with Crippen LogP contribution in [-0.2, 0) is 4.57 Å². The lowest BCUT2D eigenvalue weighted by atomic mass is 10.0. The summed E-state index contributed by atoms with van der Waals surface area (Å²) in [6.07, 6.45) is 0. The van der Waals surface area contributed by atoms with Crippen molar-refractivity contribution in [3.63, 3.8) is 0 Å². The summed E-state index contributed by atoms with van der Waals surface area (Å²) < 4.78 is 19.8. The molecule has 122 valence electrons. The molecule has 0 saturated heterocycles. The normalized spacial score (nSPS) is 11.5. The summed E-state index contributed by atoms with van der Waals surface area (Å²) in [5.74, 6) is 1.07. The molecule has 3 aromatic rings. The van der Waals surface area contributed by atoms with Crippen molar-refractivity contribution in [1.29, 1.82) is 0 Å². The Kier molecular flexibility index (Phi) is 4.87. The van der Waals surface area contributed by atoms with Crippen molar-refractivity contribution in [1.82, 2.24) is 0 Å². The zero-order chi connectivity index (χ0) is 17.0. The van der Waals surface area contributed by atoms with Gasteiger partial charge >= 0.3 is 7.37 Å². The molecule has 0 radical (unpaired) electrons. The van der Waals surface area contributed by atoms with Crippen molar-refractivity contribution in [2.24, 2.45) is 0 Å². The minimum Gasteiger partial charge on any atom is -0.437 e. The fourth-order valence-electron chi connectivity index (χ4n) is 2.57. The van der Waals surface area contributed by atoms with Crippen LogP contribution in [-0.4, -0.2) is 0 Å². The quantitative estimate of drug-likeness (QED) is 0.605. The van der Waals surface area contributed by atoms with E-state index in [9.17, 15) is 4.57 Å². The molecular weight excluding hydrogens is 315 g/mol. The van der Waals surface area contributed by atoms with Crippen LogP contribution in [0.4, 0.5) is 0 Å². The molecule has 0 fully saturated rings. The van der Waals surface area contributed by atoms with E-state index in [0.717, 1.165) is 0 Å². The molecule has 0 aliphatic carbocycles. The Labute approximate surface area is 143 Å². The van der Waals surface area contributed by atoms with E-state index in [-0.39, 0.29) is 0 Å². The standard InChI is InChI=1S/C21H21O2P/c1-17(2)18-13-15-19(16-14-18)23-24(22,20-9-5-3-6-10-20)21-11-7-4-8-12-21/h3-17H,1-2H3. The van der Waals surface area contributed by atoms with Crippen LogP contribution >= 0.6 is 7.37 Å². The Hall–Kier alpha value is -2.31. The van der Waals surface area contributed by atoms with Gasteiger partial charge in [0.2, 0.25) is 0 Å². The molecule has 0 bridgehead atoms. The van der Waals surface area contributed by atoms with Crippen molar-refractivity contribution >= 4 is 18.0 Å². The molecule has 24 heavy (non-hydrogen) atoms. The Balaban J connectivity index is 2.01. The second-order valence-electron chi connectivity index (χ2n) is 6.04. The third-order valence-electron chi connectivity index (χ3n) is 3.97. The van der Waals surface area contributed by atoms with Crippen LogP contribution in [0.2, 0.25) is 0 Å². The molecule has 0 aliphatic rings. The van der Waals surface area contributed by atoms with Crippen LogP contribution in [0.5, 0.6) is 5.75 Å². The predicted octanol–water partition coefficient (Wildman–Crippen LogP) is 5.12. The molecule has 0 amide bonds. The molecule has 2 nitrogen and oxygen atoms in total. The number of rotatable bonds is 5. The molecule has 3 rings (SSSR count). The van der Waals surface area contributed by atoms with Gasteiger partial charge in [-0.15, -0.1) is 0 Å². The summed E-state index contributed by atoms with van der Waals surface area (Å²) in [5.41, 5.74) is 1.23. The van der Waals surface area contributed by atoms with Crippen LogP contribution in [0.1, 0.15) is 25.3 Å². The number of hydrogen-bond acceptors (Lipinski definition) is 2. The number of benzene rings is 3. The maximum atomic E-state index is 13.8. The maximum absolute atomic E-state index is 13.8. The van der Waals surface area contributed by atoms with Gasteiger partial charge in [-0.1, -0.05) is 62.4 Å². The second-order valence-corrected chi connectivity index (χ2v) is 8.36. The smallest absolute Gasteiger partial charge is 0.306 e. The molecule has 0 heterocycles. The van der Waals surface area contributed by atoms with E-state index < -0.39 is 7.37 Å². The zero-order valence-corrected chi connectivity index (χ0v) is 14.8. The lowest BCUT2D eigenvalue weighted by Gasteiger charge is -2.20. The van der Waals surface area contributed by atoms with E-state index in [0.29, 0.717) is 22.3 Å². The molecule has 0 atom stereocenters. The SMILES string of the molecule is CC(C)c1ccc(OP(=O)(c2ccccc2)c2ccccc2)cc1. The first kappa shape index (κ1) is 16.5. The lowest BCUT2D eigenvalue weighted by molar-refractivity contribution is 0.502. The van der Waals surface area contributed by atoms with Gasteiger partial charge in [0.05, 0.1) is 10.6 Å². The fourth-order valence-corrected chi connectivity index (χ4v) is 4.62. The van der Waals surface area contributed by atoms with Gasteiger partial charge in [-0.2, -0.15) is 0 Å². The minimum absolute atomic E-state index is 0.453. The van der Waals surface area contributed by atoms with Gasteiger partial charge in [0.1, 0.15) is 5.75 Å². The fraction of sp³-hybridized carbons (Fsp3) is 0.143. The minimum atomic E-state index is -3.18. The summed E-state index contributed by atoms with van der Waals surface area (Å²) in [6, 6.07) is 26.6. The van der Waals surface area contributed by atoms with E-state index >= 15 is 0 Å². The van der Waals surface area contributed by atoms with Crippen LogP contribution < -0.4 is 15.1 Å². The van der Waals surface area contributed by atoms with E-state index in [1.807, 2.05) is 84.9 Å². The van der Waals surface area contributed by atoms with Crippen LogP contribution in [0.25, 0.3) is 0 Å². The maximum Gasteiger partial charge on any atom is 0.306 e. The summed E-state index contributed by atoms with van der Waals surface area (Å²) in [7, 11) is -3.18. The van der Waals surface area contributed by atoms with Crippen molar-refractivity contribution in [3.05, 3.63) is 90.5 Å². The monoisotopic (exact) mass is 336 g/mol. The topological polar surface area (TPSA) is 26.3 Å². The molecule has 0 aromatic heterocycles. The van der Waals surface area contributed by atoms with Gasteiger partial charge in [-0.3, -0.25) is 4.57 Å². The first-order chi connectivity index (χ1) is 11.6. The zero-order valence-electron chi connectivity index (χ0n) is 13.9. The van der Waals surface area contributed by atoms with E-state index in [4.69, 9.17) is 4.52 Å². The lowest BCUT2D eigenvalue weighted by Crippen LogP contribution is -2.20. The Bertz CT molecular complexity index is 781. The highest BCUT2D eigenvalue weighted by Crippen LogP contribution is 2.45. The van der Waals surface area contributed by atoms with Crippen molar-refractivity contribution in [3.8, 4) is 5.75 Å². The summed E-state index contributed by atoms with van der Waals surface area (Å²) in [4.78, 5) is 0. The highest BCUT2D eigenvalue weighted by molar-refractivity contribution is 7.74. The third kappa shape index (κ3) is 3.44. The summed E-state index contributed by atoms with van der Waals surface area (Å²) in [6.45, 7) is 4.30. The van der Waals surface area contributed by atoms with Crippen LogP contribution in [0, 0.1) is 0 Å². The van der Waals surface area contributed by atoms with Crippen molar-refractivity contribution in [2.45, 2.75) is 19.8 Å².